The molecule has 2 atom stereocenters. The number of thiophene rings is 1. The van der Waals surface area contributed by atoms with Crippen molar-refractivity contribution in [1.29, 1.82) is 0 Å². The lowest BCUT2D eigenvalue weighted by Gasteiger charge is -2.33. The van der Waals surface area contributed by atoms with Gasteiger partial charge in [0.05, 0.1) is 10.9 Å². The number of nitrogens with two attached hydrogens (primary N) is 1. The summed E-state index contributed by atoms with van der Waals surface area (Å²) in [5.74, 6) is -1.51. The maximum atomic E-state index is 14.0. The molecule has 34 heavy (non-hydrogen) atoms. The topological polar surface area (TPSA) is 81.2 Å². The molecule has 0 saturated heterocycles. The highest BCUT2D eigenvalue weighted by molar-refractivity contribution is 7.16. The first-order valence-electron chi connectivity index (χ1n) is 10.3. The molecule has 3 heterocycles. The van der Waals surface area contributed by atoms with E-state index in [1.807, 2.05) is 0 Å². The van der Waals surface area contributed by atoms with E-state index >= 15 is 0 Å². The van der Waals surface area contributed by atoms with Crippen LogP contribution < -0.4 is 5.73 Å². The van der Waals surface area contributed by atoms with Gasteiger partial charge in [-0.1, -0.05) is 42.4 Å². The van der Waals surface area contributed by atoms with Crippen molar-refractivity contribution in [2.75, 3.05) is 6.54 Å². The van der Waals surface area contributed by atoms with Crippen LogP contribution in [0.2, 0.25) is 4.34 Å². The molecule has 0 aliphatic carbocycles. The highest BCUT2D eigenvalue weighted by atomic mass is 35.5. The Hall–Kier alpha value is -3.11. The van der Waals surface area contributed by atoms with Crippen LogP contribution >= 0.6 is 22.9 Å². The minimum absolute atomic E-state index is 0.175. The average molecular weight is 509 g/mol. The number of amides is 2. The molecule has 4 rings (SSSR count). The van der Waals surface area contributed by atoms with Crippen molar-refractivity contribution in [3.63, 3.8) is 0 Å². The summed E-state index contributed by atoms with van der Waals surface area (Å²) in [6.45, 7) is 5.51. The van der Waals surface area contributed by atoms with Gasteiger partial charge < -0.3 is 10.6 Å². The molecule has 2 amide bonds. The Bertz CT molecular complexity index is 1280. The summed E-state index contributed by atoms with van der Waals surface area (Å²) < 4.78 is 43.4. The number of benzene rings is 1. The molecular weight excluding hydrogens is 489 g/mol. The van der Waals surface area contributed by atoms with Gasteiger partial charge in [0.1, 0.15) is 6.04 Å². The minimum atomic E-state index is -4.76. The maximum absolute atomic E-state index is 14.0. The second kappa shape index (κ2) is 8.92. The van der Waals surface area contributed by atoms with E-state index in [0.717, 1.165) is 15.1 Å². The van der Waals surface area contributed by atoms with Gasteiger partial charge in [-0.2, -0.15) is 18.3 Å². The molecule has 6 nitrogen and oxygen atoms in total. The zero-order chi connectivity index (χ0) is 24.8. The lowest BCUT2D eigenvalue weighted by molar-refractivity contribution is -0.141. The van der Waals surface area contributed by atoms with Crippen LogP contribution in [0.5, 0.6) is 0 Å². The van der Waals surface area contributed by atoms with Crippen LogP contribution in [0.3, 0.4) is 0 Å². The third kappa shape index (κ3) is 4.35. The number of rotatable bonds is 5. The van der Waals surface area contributed by atoms with Crippen LogP contribution in [0.25, 0.3) is 11.1 Å². The summed E-state index contributed by atoms with van der Waals surface area (Å²) in [4.78, 5) is 26.5. The Morgan fingerprint density at radius 2 is 2.00 bits per heavy atom. The minimum Gasteiger partial charge on any atom is -0.368 e. The predicted octanol–water partition coefficient (Wildman–Crippen LogP) is 4.99. The highest BCUT2D eigenvalue weighted by Gasteiger charge is 2.40. The van der Waals surface area contributed by atoms with Crippen molar-refractivity contribution in [1.82, 2.24) is 14.7 Å². The molecule has 0 radical (unpaired) electrons. The molecule has 11 heteroatoms. The molecule has 1 aromatic carbocycles. The number of alkyl halides is 3. The molecule has 0 fully saturated rings. The maximum Gasteiger partial charge on any atom is 0.435 e. The summed E-state index contributed by atoms with van der Waals surface area (Å²) >= 11 is 7.59. The van der Waals surface area contributed by atoms with Crippen LogP contribution in [0.15, 0.2) is 49.2 Å². The van der Waals surface area contributed by atoms with Crippen LogP contribution in [-0.2, 0) is 22.3 Å². The lowest BCUT2D eigenvalue weighted by atomic mass is 9.84. The fourth-order valence-corrected chi connectivity index (χ4v) is 5.48. The third-order valence-corrected chi connectivity index (χ3v) is 7.11. The number of carbonyl (C=O) groups excluding carboxylic acids is 2. The quantitative estimate of drug-likeness (QED) is 0.493. The number of fused-ring (bicyclic) bond motifs is 1. The Morgan fingerprint density at radius 1 is 1.29 bits per heavy atom. The summed E-state index contributed by atoms with van der Waals surface area (Å²) in [6, 6.07) is 7.38. The summed E-state index contributed by atoms with van der Waals surface area (Å²) in [5, 5.41) is 3.66. The van der Waals surface area contributed by atoms with E-state index < -0.39 is 29.7 Å². The van der Waals surface area contributed by atoms with Gasteiger partial charge in [0.25, 0.3) is 0 Å². The first-order valence-corrected chi connectivity index (χ1v) is 11.4. The first-order chi connectivity index (χ1) is 16.0. The van der Waals surface area contributed by atoms with E-state index in [1.54, 1.807) is 35.2 Å². The largest absolute Gasteiger partial charge is 0.435 e. The first kappa shape index (κ1) is 24.0. The number of nitrogens with zero attached hydrogens (tertiary/aromatic N) is 3. The van der Waals surface area contributed by atoms with Crippen molar-refractivity contribution in [3.05, 3.63) is 75.2 Å². The molecular formula is C23H20ClF3N4O2S. The van der Waals surface area contributed by atoms with Gasteiger partial charge in [0, 0.05) is 29.1 Å². The number of primary amides is 1. The second-order valence-corrected chi connectivity index (χ2v) is 9.71. The van der Waals surface area contributed by atoms with Crippen LogP contribution in [0, 0.1) is 0 Å². The van der Waals surface area contributed by atoms with Crippen molar-refractivity contribution < 1.29 is 22.8 Å². The fourth-order valence-electron chi connectivity index (χ4n) is 4.12. The van der Waals surface area contributed by atoms with Crippen LogP contribution in [0.4, 0.5) is 13.2 Å². The molecule has 2 N–H and O–H groups in total. The van der Waals surface area contributed by atoms with E-state index in [9.17, 15) is 22.8 Å². The lowest BCUT2D eigenvalue weighted by Crippen LogP contribution is -2.37. The molecule has 2 aromatic heterocycles. The van der Waals surface area contributed by atoms with Crippen molar-refractivity contribution >= 4 is 34.8 Å². The Balaban J connectivity index is 1.90. The number of aromatic nitrogens is 2. The fraction of sp³-hybridized carbons (Fsp3) is 0.261. The molecule has 178 valence electrons. The molecule has 0 bridgehead atoms. The summed E-state index contributed by atoms with van der Waals surface area (Å²) in [7, 11) is 0. The van der Waals surface area contributed by atoms with E-state index in [2.05, 4.69) is 11.7 Å². The number of hydrogen-bond donors (Lipinski definition) is 1. The van der Waals surface area contributed by atoms with Crippen molar-refractivity contribution in [3.8, 4) is 11.1 Å². The predicted molar refractivity (Wildman–Crippen MR) is 123 cm³/mol. The van der Waals surface area contributed by atoms with Gasteiger partial charge in [-0.15, -0.1) is 11.3 Å². The van der Waals surface area contributed by atoms with Crippen molar-refractivity contribution in [2.45, 2.75) is 31.6 Å². The zero-order valence-electron chi connectivity index (χ0n) is 18.0. The SMILES string of the molecule is C=CC(=O)N1Cc2sc(Cl)cc2[C@H](c2ccccc2-c2cn(C(C)C(N)=O)nc2C(F)(F)F)C1. The van der Waals surface area contributed by atoms with E-state index in [4.69, 9.17) is 17.3 Å². The molecule has 1 aliphatic heterocycles. The molecule has 1 unspecified atom stereocenters. The molecule has 1 aliphatic rings. The Morgan fingerprint density at radius 3 is 2.65 bits per heavy atom. The molecule has 0 saturated carbocycles. The van der Waals surface area contributed by atoms with Gasteiger partial charge in [-0.05, 0) is 35.8 Å². The standard InChI is InChI=1S/C23H20ClF3N4O2S/c1-3-20(32)30-9-16(15-8-19(24)34-18(15)11-30)13-6-4-5-7-14(13)17-10-31(12(2)22(28)33)29-21(17)23(25,26)27/h3-8,10,12,16H,1,9,11H2,2H3,(H2,28,33)/t12?,16-/m0/s1. The Kier molecular flexibility index (Phi) is 6.30. The normalized spacial score (nSPS) is 16.7. The molecule has 3 aromatic rings. The average Bonchev–Trinajstić information content (AvgIpc) is 3.40. The van der Waals surface area contributed by atoms with Gasteiger partial charge in [0.15, 0.2) is 5.69 Å². The zero-order valence-corrected chi connectivity index (χ0v) is 19.5. The van der Waals surface area contributed by atoms with Gasteiger partial charge in [-0.3, -0.25) is 14.3 Å². The van der Waals surface area contributed by atoms with Crippen molar-refractivity contribution in [2.24, 2.45) is 5.73 Å². The van der Waals surface area contributed by atoms with E-state index in [1.165, 1.54) is 30.5 Å². The number of carbonyl (C=O) groups is 2. The number of hydrogen-bond acceptors (Lipinski definition) is 4. The second-order valence-electron chi connectivity index (χ2n) is 7.94. The van der Waals surface area contributed by atoms with Gasteiger partial charge in [0.2, 0.25) is 11.8 Å². The third-order valence-electron chi connectivity index (χ3n) is 5.85. The van der Waals surface area contributed by atoms with Gasteiger partial charge in [-0.25, -0.2) is 0 Å². The highest BCUT2D eigenvalue weighted by Crippen LogP contribution is 2.45. The van der Waals surface area contributed by atoms with Gasteiger partial charge >= 0.3 is 6.18 Å². The monoisotopic (exact) mass is 508 g/mol. The van der Waals surface area contributed by atoms with E-state index in [0.29, 0.717) is 22.0 Å². The smallest absolute Gasteiger partial charge is 0.368 e. The summed E-state index contributed by atoms with van der Waals surface area (Å²) in [6.07, 6.45) is -2.37. The van der Waals surface area contributed by atoms with Crippen LogP contribution in [-0.4, -0.2) is 33.0 Å². The molecule has 0 spiro atoms. The van der Waals surface area contributed by atoms with E-state index in [-0.39, 0.29) is 18.0 Å². The Labute approximate surface area is 202 Å². The summed E-state index contributed by atoms with van der Waals surface area (Å²) in [5.41, 5.74) is 5.74. The van der Waals surface area contributed by atoms with Crippen LogP contribution in [0.1, 0.15) is 40.6 Å². The number of halogens is 4.